The van der Waals surface area contributed by atoms with Gasteiger partial charge in [0.2, 0.25) is 0 Å². The number of pyridine rings is 2. The Bertz CT molecular complexity index is 2870. The molecule has 1 aliphatic heterocycles. The maximum atomic E-state index is 6.53. The molecule has 4 heterocycles. The van der Waals surface area contributed by atoms with Crippen molar-refractivity contribution in [3.8, 4) is 17.3 Å². The summed E-state index contributed by atoms with van der Waals surface area (Å²) < 4.78 is 8.71. The van der Waals surface area contributed by atoms with Crippen LogP contribution in [0.15, 0.2) is 146 Å². The van der Waals surface area contributed by atoms with Crippen molar-refractivity contribution in [3.05, 3.63) is 170 Å². The normalized spacial score (nSPS) is 12.8. The van der Waals surface area contributed by atoms with Crippen LogP contribution in [-0.2, 0) is 26.5 Å². The Hall–Kier alpha value is -5.97. The third-order valence-corrected chi connectivity index (χ3v) is 10.1. The molecule has 266 valence electrons. The summed E-state index contributed by atoms with van der Waals surface area (Å²) in [5, 5.41) is 7.07. The molecular weight excluding hydrogens is 846 g/mol. The fourth-order valence-corrected chi connectivity index (χ4v) is 7.53. The average molecular weight is 880 g/mol. The van der Waals surface area contributed by atoms with E-state index in [1.807, 2.05) is 42.7 Å². The minimum atomic E-state index is -0.0150. The van der Waals surface area contributed by atoms with Crippen molar-refractivity contribution < 1.29 is 25.8 Å². The summed E-state index contributed by atoms with van der Waals surface area (Å²) in [6, 6.07) is 53.3. The van der Waals surface area contributed by atoms with E-state index in [9.17, 15) is 0 Å². The molecule has 3 aromatic heterocycles. The van der Waals surface area contributed by atoms with E-state index in [-0.39, 0.29) is 26.5 Å². The zero-order valence-corrected chi connectivity index (χ0v) is 32.2. The van der Waals surface area contributed by atoms with Gasteiger partial charge in [0, 0.05) is 61.5 Å². The Balaban J connectivity index is 0.00000384. The number of para-hydroxylation sites is 1. The Kier molecular flexibility index (Phi) is 8.24. The van der Waals surface area contributed by atoms with E-state index >= 15 is 0 Å². The topological polar surface area (TPSA) is 46.4 Å². The number of rotatable bonds is 5. The third-order valence-electron chi connectivity index (χ3n) is 10.1. The molecule has 0 spiro atoms. The molecule has 10 rings (SSSR count). The first kappa shape index (κ1) is 33.8. The quantitative estimate of drug-likeness (QED) is 0.127. The number of fused-ring (bicyclic) bond motifs is 7. The Morgan fingerprint density at radius 3 is 2.24 bits per heavy atom. The molecule has 0 amide bonds. The van der Waals surface area contributed by atoms with E-state index in [2.05, 4.69) is 157 Å². The molecule has 0 atom stereocenters. The minimum Gasteiger partial charge on any atom is -0.509 e. The summed E-state index contributed by atoms with van der Waals surface area (Å²) in [5.74, 6) is 2.84. The van der Waals surface area contributed by atoms with Gasteiger partial charge in [0.1, 0.15) is 11.6 Å². The van der Waals surface area contributed by atoms with Crippen LogP contribution < -0.4 is 14.5 Å². The zero-order chi connectivity index (χ0) is 35.7. The molecule has 1 aliphatic rings. The second kappa shape index (κ2) is 13.2. The number of benzene rings is 6. The summed E-state index contributed by atoms with van der Waals surface area (Å²) in [5.41, 5.74) is 6.06. The summed E-state index contributed by atoms with van der Waals surface area (Å²) in [7, 11) is 0. The second-order valence-corrected chi connectivity index (χ2v) is 14.5. The van der Waals surface area contributed by atoms with Gasteiger partial charge in [0.15, 0.2) is 0 Å². The van der Waals surface area contributed by atoms with Gasteiger partial charge in [-0.2, -0.15) is 12.1 Å². The van der Waals surface area contributed by atoms with Crippen molar-refractivity contribution in [2.24, 2.45) is 0 Å². The Morgan fingerprint density at radius 2 is 1.35 bits per heavy atom. The molecule has 0 radical (unpaired) electrons. The van der Waals surface area contributed by atoms with Gasteiger partial charge in [-0.05, 0) is 68.9 Å². The summed E-state index contributed by atoms with van der Waals surface area (Å²) >= 11 is 0. The smallest absolute Gasteiger partial charge is 0.135 e. The Labute approximate surface area is 328 Å². The summed E-state index contributed by atoms with van der Waals surface area (Å²) in [6.07, 6.45) is 3.72. The molecule has 0 N–H and O–H groups in total. The van der Waals surface area contributed by atoms with Crippen molar-refractivity contribution in [2.75, 3.05) is 9.80 Å². The SMILES string of the molecule is CC(C)(C)c1ccnc(-n2c3[c-]c(Oc4[c-]c(N5[CH-]N(c6cccc7c6ccc6ccccc67)c6cccnc65)ccc4)ccc3c3ccccc32)c1.[Pt]. The number of hydrogen-bond donors (Lipinski definition) is 0. The van der Waals surface area contributed by atoms with Gasteiger partial charge >= 0.3 is 0 Å². The van der Waals surface area contributed by atoms with E-state index in [0.29, 0.717) is 11.5 Å². The standard InChI is InChI=1S/C47H34N5O.Pt/c1-47(2,3)32-24-26-48-45(27-32)52-42-17-7-6-15-38(42)40-23-21-35(29-44(40)52)53-34-13-8-12-33(28-34)50-30-51(43-19-10-25-49-46(43)50)41-18-9-16-37-36-14-5-4-11-31(36)20-22-39(37)41;/h4-27,30H,1-3H3;/q-3;. The van der Waals surface area contributed by atoms with Crippen LogP contribution in [0.25, 0.3) is 49.2 Å². The van der Waals surface area contributed by atoms with Crippen LogP contribution in [0.5, 0.6) is 11.5 Å². The molecule has 6 aromatic carbocycles. The van der Waals surface area contributed by atoms with Gasteiger partial charge in [0.05, 0.1) is 5.69 Å². The van der Waals surface area contributed by atoms with E-state index in [1.165, 1.54) is 27.1 Å². The van der Waals surface area contributed by atoms with Gasteiger partial charge < -0.3 is 19.1 Å². The largest absolute Gasteiger partial charge is 0.509 e. The van der Waals surface area contributed by atoms with Crippen LogP contribution in [-0.4, -0.2) is 14.5 Å². The van der Waals surface area contributed by atoms with Gasteiger partial charge in [-0.1, -0.05) is 98.7 Å². The Morgan fingerprint density at radius 1 is 0.593 bits per heavy atom. The third kappa shape index (κ3) is 5.61. The van der Waals surface area contributed by atoms with Gasteiger partial charge in [0.25, 0.3) is 0 Å². The van der Waals surface area contributed by atoms with Crippen molar-refractivity contribution in [2.45, 2.75) is 26.2 Å². The van der Waals surface area contributed by atoms with E-state index < -0.39 is 0 Å². The van der Waals surface area contributed by atoms with Crippen molar-refractivity contribution in [3.63, 3.8) is 0 Å². The maximum Gasteiger partial charge on any atom is 0.135 e. The molecule has 0 saturated heterocycles. The number of ether oxygens (including phenoxy) is 1. The fraction of sp³-hybridized carbons (Fsp3) is 0.0851. The number of aromatic nitrogens is 3. The van der Waals surface area contributed by atoms with Crippen LogP contribution in [0.4, 0.5) is 22.9 Å². The van der Waals surface area contributed by atoms with Crippen LogP contribution >= 0.6 is 0 Å². The molecule has 0 fully saturated rings. The molecular formula is C47H34N5OPt-3. The first-order valence-electron chi connectivity index (χ1n) is 17.8. The van der Waals surface area contributed by atoms with E-state index in [0.717, 1.165) is 50.5 Å². The summed E-state index contributed by atoms with van der Waals surface area (Å²) in [6.45, 7) is 8.75. The van der Waals surface area contributed by atoms with E-state index in [1.54, 1.807) is 0 Å². The van der Waals surface area contributed by atoms with Crippen molar-refractivity contribution in [1.82, 2.24) is 14.5 Å². The van der Waals surface area contributed by atoms with Crippen LogP contribution in [0.1, 0.15) is 26.3 Å². The predicted molar refractivity (Wildman–Crippen MR) is 216 cm³/mol. The summed E-state index contributed by atoms with van der Waals surface area (Å²) in [4.78, 5) is 13.9. The van der Waals surface area contributed by atoms with Crippen LogP contribution in [0, 0.1) is 18.8 Å². The molecule has 0 bridgehead atoms. The van der Waals surface area contributed by atoms with E-state index in [4.69, 9.17) is 14.7 Å². The first-order valence-corrected chi connectivity index (χ1v) is 17.8. The molecule has 54 heavy (non-hydrogen) atoms. The van der Waals surface area contributed by atoms with Crippen LogP contribution in [0.2, 0.25) is 0 Å². The number of nitrogens with zero attached hydrogens (tertiary/aromatic N) is 5. The second-order valence-electron chi connectivity index (χ2n) is 14.5. The molecule has 0 unspecified atom stereocenters. The van der Waals surface area contributed by atoms with Crippen molar-refractivity contribution in [1.29, 1.82) is 0 Å². The van der Waals surface area contributed by atoms with Gasteiger partial charge in [-0.25, -0.2) is 9.97 Å². The monoisotopic (exact) mass is 879 g/mol. The molecule has 7 heteroatoms. The number of anilines is 4. The first-order chi connectivity index (χ1) is 25.9. The van der Waals surface area contributed by atoms with Crippen molar-refractivity contribution >= 4 is 66.2 Å². The molecule has 0 saturated carbocycles. The maximum absolute atomic E-state index is 6.53. The minimum absolute atomic E-state index is 0. The predicted octanol–water partition coefficient (Wildman–Crippen LogP) is 12.0. The van der Waals surface area contributed by atoms with Gasteiger partial charge in [-0.3, -0.25) is 0 Å². The number of hydrogen-bond acceptors (Lipinski definition) is 5. The van der Waals surface area contributed by atoms with Crippen LogP contribution in [0.3, 0.4) is 0 Å². The fourth-order valence-electron chi connectivity index (χ4n) is 7.53. The molecule has 0 aliphatic carbocycles. The average Bonchev–Trinajstić information content (AvgIpc) is 3.73. The molecule has 6 nitrogen and oxygen atoms in total. The van der Waals surface area contributed by atoms with Gasteiger partial charge in [-0.15, -0.1) is 42.4 Å². The zero-order valence-electron chi connectivity index (χ0n) is 29.9. The molecule has 9 aromatic rings.